The average molecular weight is 289 g/mol. The Bertz CT molecular complexity index is 568. The minimum atomic E-state index is 0.283. The number of aromatic nitrogens is 2. The molecule has 0 amide bonds. The number of allylic oxidation sites excluding steroid dienone is 1. The topological polar surface area (TPSA) is 94.9 Å². The normalized spacial score (nSPS) is 18.3. The first-order chi connectivity index (χ1) is 10.2. The molecule has 0 radical (unpaired) electrons. The molecule has 2 rings (SSSR count). The molecule has 7 heteroatoms. The van der Waals surface area contributed by atoms with E-state index in [1.54, 1.807) is 17.0 Å². The number of hydrogen-bond donors (Lipinski definition) is 1. The molecule has 0 spiro atoms. The number of aliphatic imine (C=N–C) groups is 2. The summed E-state index contributed by atoms with van der Waals surface area (Å²) in [5.41, 5.74) is 6.58. The number of hydrogen-bond acceptors (Lipinski definition) is 5. The smallest absolute Gasteiger partial charge is 0.170 e. The maximum Gasteiger partial charge on any atom is 0.170 e. The van der Waals surface area contributed by atoms with Crippen LogP contribution in [0, 0.1) is 0 Å². The van der Waals surface area contributed by atoms with E-state index in [2.05, 4.69) is 15.0 Å². The fourth-order valence-electron chi connectivity index (χ4n) is 2.07. The Balaban J connectivity index is 2.21. The average Bonchev–Trinajstić information content (AvgIpc) is 3.00. The van der Waals surface area contributed by atoms with Gasteiger partial charge in [-0.2, -0.15) is 0 Å². The van der Waals surface area contributed by atoms with Gasteiger partial charge in [-0.1, -0.05) is 0 Å². The van der Waals surface area contributed by atoms with Crippen LogP contribution in [-0.4, -0.2) is 47.6 Å². The third-order valence-corrected chi connectivity index (χ3v) is 3.19. The summed E-state index contributed by atoms with van der Waals surface area (Å²) in [5.74, 6) is 0.592. The van der Waals surface area contributed by atoms with Crippen molar-refractivity contribution in [1.82, 2.24) is 9.55 Å². The number of carbonyl (C=O) groups excluding carboxylic acids is 1. The van der Waals surface area contributed by atoms with Gasteiger partial charge in [-0.15, -0.1) is 0 Å². The lowest BCUT2D eigenvalue weighted by Crippen LogP contribution is -2.18. The van der Waals surface area contributed by atoms with Crippen LogP contribution in [0.5, 0.6) is 0 Å². The van der Waals surface area contributed by atoms with Crippen LogP contribution >= 0.6 is 0 Å². The van der Waals surface area contributed by atoms with Gasteiger partial charge in [0.1, 0.15) is 17.8 Å². The summed E-state index contributed by atoms with van der Waals surface area (Å²) < 4.78 is 6.96. The van der Waals surface area contributed by atoms with E-state index < -0.39 is 0 Å². The zero-order valence-electron chi connectivity index (χ0n) is 12.0. The molecular formula is C14H19N5O2. The Hall–Kier alpha value is -2.28. The highest BCUT2D eigenvalue weighted by Crippen LogP contribution is 2.14. The molecule has 21 heavy (non-hydrogen) atoms. The lowest BCUT2D eigenvalue weighted by molar-refractivity contribution is 0.0872. The van der Waals surface area contributed by atoms with Crippen molar-refractivity contribution in [2.75, 3.05) is 13.2 Å². The Labute approximate surface area is 123 Å². The number of nitrogens with zero attached hydrogens (tertiary/aromatic N) is 4. The molecule has 1 aromatic heterocycles. The standard InChI is InChI=1S/C14H19N5O2/c1-11(6-16-12-2-4-21-5-3-12)14(17-9-15)19-7-13(8-20)18-10-19/h6-10,12H,2-5H2,1H3,(H2,15,17)/b14-11+,16-6?. The van der Waals surface area contributed by atoms with Crippen molar-refractivity contribution in [3.8, 4) is 0 Å². The Morgan fingerprint density at radius 3 is 2.90 bits per heavy atom. The van der Waals surface area contributed by atoms with E-state index in [1.807, 2.05) is 6.92 Å². The van der Waals surface area contributed by atoms with E-state index in [0.717, 1.165) is 31.6 Å². The van der Waals surface area contributed by atoms with Crippen molar-refractivity contribution >= 4 is 24.7 Å². The minimum absolute atomic E-state index is 0.283. The molecule has 112 valence electrons. The Kier molecular flexibility index (Phi) is 5.39. The van der Waals surface area contributed by atoms with Gasteiger partial charge in [0.15, 0.2) is 6.29 Å². The highest BCUT2D eigenvalue weighted by molar-refractivity contribution is 5.87. The molecule has 1 aliphatic heterocycles. The van der Waals surface area contributed by atoms with Gasteiger partial charge in [-0.05, 0) is 19.8 Å². The second-order valence-electron chi connectivity index (χ2n) is 4.73. The number of ether oxygens (including phenoxy) is 1. The third-order valence-electron chi connectivity index (χ3n) is 3.19. The van der Waals surface area contributed by atoms with Crippen molar-refractivity contribution in [2.45, 2.75) is 25.8 Å². The van der Waals surface area contributed by atoms with Crippen LogP contribution in [0.4, 0.5) is 0 Å². The van der Waals surface area contributed by atoms with Gasteiger partial charge in [-0.3, -0.25) is 14.4 Å². The summed E-state index contributed by atoms with van der Waals surface area (Å²) in [4.78, 5) is 23.4. The maximum atomic E-state index is 10.7. The molecule has 2 N–H and O–H groups in total. The van der Waals surface area contributed by atoms with E-state index >= 15 is 0 Å². The van der Waals surface area contributed by atoms with Crippen LogP contribution in [0.2, 0.25) is 0 Å². The van der Waals surface area contributed by atoms with Crippen LogP contribution < -0.4 is 5.73 Å². The van der Waals surface area contributed by atoms with Gasteiger partial charge in [0.05, 0.1) is 12.4 Å². The molecule has 1 saturated heterocycles. The highest BCUT2D eigenvalue weighted by Gasteiger charge is 2.11. The van der Waals surface area contributed by atoms with Crippen LogP contribution in [-0.2, 0) is 4.74 Å². The summed E-state index contributed by atoms with van der Waals surface area (Å²) in [6.45, 7) is 3.40. The molecule has 1 aliphatic rings. The second-order valence-corrected chi connectivity index (χ2v) is 4.73. The predicted octanol–water partition coefficient (Wildman–Crippen LogP) is 1.12. The molecule has 7 nitrogen and oxygen atoms in total. The zero-order valence-corrected chi connectivity index (χ0v) is 12.0. The molecule has 0 unspecified atom stereocenters. The molecule has 0 bridgehead atoms. The number of aldehydes is 1. The van der Waals surface area contributed by atoms with Gasteiger partial charge >= 0.3 is 0 Å². The van der Waals surface area contributed by atoms with Crippen molar-refractivity contribution < 1.29 is 9.53 Å². The number of carbonyl (C=O) groups is 1. The largest absolute Gasteiger partial charge is 0.390 e. The third kappa shape index (κ3) is 4.09. The van der Waals surface area contributed by atoms with Gasteiger partial charge in [0, 0.05) is 31.2 Å². The van der Waals surface area contributed by atoms with E-state index in [4.69, 9.17) is 10.5 Å². The first-order valence-corrected chi connectivity index (χ1v) is 6.80. The molecule has 1 aromatic rings. The molecule has 0 atom stereocenters. The van der Waals surface area contributed by atoms with E-state index in [-0.39, 0.29) is 6.04 Å². The molecular weight excluding hydrogens is 270 g/mol. The van der Waals surface area contributed by atoms with E-state index in [0.29, 0.717) is 17.8 Å². The maximum absolute atomic E-state index is 10.7. The lowest BCUT2D eigenvalue weighted by atomic mass is 10.1. The van der Waals surface area contributed by atoms with Gasteiger partial charge < -0.3 is 10.5 Å². The SMILES string of the molecule is C/C(C=NC1CCOCC1)=C(/N=CN)n1cnc(C=O)c1. The van der Waals surface area contributed by atoms with Crippen LogP contribution in [0.15, 0.2) is 28.1 Å². The van der Waals surface area contributed by atoms with Crippen LogP contribution in [0.25, 0.3) is 5.82 Å². The summed E-state index contributed by atoms with van der Waals surface area (Å²) >= 11 is 0. The van der Waals surface area contributed by atoms with Gasteiger partial charge in [0.2, 0.25) is 0 Å². The van der Waals surface area contributed by atoms with Crippen molar-refractivity contribution in [1.29, 1.82) is 0 Å². The summed E-state index contributed by atoms with van der Waals surface area (Å²) in [5, 5.41) is 0. The first-order valence-electron chi connectivity index (χ1n) is 6.80. The highest BCUT2D eigenvalue weighted by atomic mass is 16.5. The molecule has 0 saturated carbocycles. The van der Waals surface area contributed by atoms with Crippen molar-refractivity contribution in [3.63, 3.8) is 0 Å². The summed E-state index contributed by atoms with van der Waals surface area (Å²) in [6, 6.07) is 0.283. The van der Waals surface area contributed by atoms with Gasteiger partial charge in [0.25, 0.3) is 0 Å². The Morgan fingerprint density at radius 1 is 1.52 bits per heavy atom. The number of rotatable bonds is 5. The fourth-order valence-corrected chi connectivity index (χ4v) is 2.07. The molecule has 0 aromatic carbocycles. The summed E-state index contributed by atoms with van der Waals surface area (Å²) in [7, 11) is 0. The monoisotopic (exact) mass is 289 g/mol. The van der Waals surface area contributed by atoms with Gasteiger partial charge in [-0.25, -0.2) is 9.98 Å². The summed E-state index contributed by atoms with van der Waals surface area (Å²) in [6.07, 6.45) is 8.67. The van der Waals surface area contributed by atoms with E-state index in [9.17, 15) is 4.79 Å². The number of imidazole rings is 1. The van der Waals surface area contributed by atoms with Crippen molar-refractivity contribution in [2.24, 2.45) is 15.7 Å². The van der Waals surface area contributed by atoms with Crippen molar-refractivity contribution in [3.05, 3.63) is 23.8 Å². The number of nitrogens with two attached hydrogens (primary N) is 1. The lowest BCUT2D eigenvalue weighted by Gasteiger charge is -2.18. The second kappa shape index (κ2) is 7.49. The molecule has 1 fully saturated rings. The zero-order chi connectivity index (χ0) is 15.1. The fraction of sp³-hybridized carbons (Fsp3) is 0.429. The first kappa shape index (κ1) is 15.1. The van der Waals surface area contributed by atoms with Crippen LogP contribution in [0.3, 0.4) is 0 Å². The Morgan fingerprint density at radius 2 is 2.29 bits per heavy atom. The quantitative estimate of drug-likeness (QED) is 0.499. The van der Waals surface area contributed by atoms with E-state index in [1.165, 1.54) is 12.7 Å². The molecule has 0 aliphatic carbocycles. The molecule has 2 heterocycles. The minimum Gasteiger partial charge on any atom is -0.390 e. The van der Waals surface area contributed by atoms with Crippen LogP contribution in [0.1, 0.15) is 30.3 Å². The predicted molar refractivity (Wildman–Crippen MR) is 81.5 cm³/mol.